The summed E-state index contributed by atoms with van der Waals surface area (Å²) < 4.78 is 54.0. The highest BCUT2D eigenvalue weighted by molar-refractivity contribution is 5.93. The van der Waals surface area contributed by atoms with Gasteiger partial charge in [-0.15, -0.1) is 0 Å². The molecule has 1 saturated carbocycles. The van der Waals surface area contributed by atoms with Gasteiger partial charge in [0.05, 0.1) is 0 Å². The van der Waals surface area contributed by atoms with E-state index in [9.17, 15) is 22.4 Å². The van der Waals surface area contributed by atoms with Gasteiger partial charge in [-0.3, -0.25) is 4.79 Å². The molecule has 1 unspecified atom stereocenters. The van der Waals surface area contributed by atoms with E-state index in [0.29, 0.717) is 12.8 Å². The fourth-order valence-corrected chi connectivity index (χ4v) is 4.35. The summed E-state index contributed by atoms with van der Waals surface area (Å²) in [5.41, 5.74) is 0.677. The Morgan fingerprint density at radius 1 is 1.11 bits per heavy atom. The largest absolute Gasteiger partial charge is 0.356 e. The minimum absolute atomic E-state index is 0.211. The first kappa shape index (κ1) is 18.8. The summed E-state index contributed by atoms with van der Waals surface area (Å²) in [5.74, 6) is -4.68. The molecule has 0 saturated heterocycles. The van der Waals surface area contributed by atoms with E-state index < -0.39 is 47.9 Å². The SMILES string of the molecule is CN(c1cc(F)cc(F)c1)C1(C(=O)NC2CC(F)(F)C2)CCc2ccccc21. The zero-order valence-electron chi connectivity index (χ0n) is 15.3. The second-order valence-electron chi connectivity index (χ2n) is 7.64. The molecule has 0 heterocycles. The van der Waals surface area contributed by atoms with Crippen molar-refractivity contribution in [3.05, 3.63) is 65.2 Å². The molecule has 7 heteroatoms. The van der Waals surface area contributed by atoms with Crippen LogP contribution in [0, 0.1) is 11.6 Å². The van der Waals surface area contributed by atoms with Crippen molar-refractivity contribution in [2.75, 3.05) is 11.9 Å². The Bertz CT molecular complexity index is 904. The van der Waals surface area contributed by atoms with Crippen molar-refractivity contribution in [1.29, 1.82) is 0 Å². The maximum atomic E-state index is 13.8. The average Bonchev–Trinajstić information content (AvgIpc) is 2.99. The van der Waals surface area contributed by atoms with Gasteiger partial charge >= 0.3 is 0 Å². The first-order valence-corrected chi connectivity index (χ1v) is 9.18. The highest BCUT2D eigenvalue weighted by Gasteiger charge is 2.52. The van der Waals surface area contributed by atoms with Crippen molar-refractivity contribution in [3.63, 3.8) is 0 Å². The molecule has 148 valence electrons. The van der Waals surface area contributed by atoms with Crippen molar-refractivity contribution >= 4 is 11.6 Å². The molecule has 1 fully saturated rings. The van der Waals surface area contributed by atoms with E-state index in [1.807, 2.05) is 18.2 Å². The number of fused-ring (bicyclic) bond motifs is 1. The molecule has 1 amide bonds. The molecule has 1 atom stereocenters. The number of rotatable bonds is 4. The second kappa shape index (κ2) is 6.50. The Balaban J connectivity index is 1.74. The molecule has 0 radical (unpaired) electrons. The first-order valence-electron chi connectivity index (χ1n) is 9.18. The number of amides is 1. The molecule has 0 aromatic heterocycles. The summed E-state index contributed by atoms with van der Waals surface area (Å²) in [6, 6.07) is 9.86. The zero-order valence-corrected chi connectivity index (χ0v) is 15.3. The van der Waals surface area contributed by atoms with E-state index in [4.69, 9.17) is 0 Å². The van der Waals surface area contributed by atoms with E-state index >= 15 is 0 Å². The molecule has 2 aromatic rings. The Morgan fingerprint density at radius 3 is 2.39 bits per heavy atom. The van der Waals surface area contributed by atoms with Gasteiger partial charge in [0.1, 0.15) is 17.2 Å². The minimum atomic E-state index is -2.75. The molecule has 2 aliphatic rings. The third kappa shape index (κ3) is 3.02. The molecule has 28 heavy (non-hydrogen) atoms. The third-order valence-corrected chi connectivity index (χ3v) is 5.83. The van der Waals surface area contributed by atoms with Crippen molar-refractivity contribution in [3.8, 4) is 0 Å². The molecule has 0 spiro atoms. The third-order valence-electron chi connectivity index (χ3n) is 5.83. The van der Waals surface area contributed by atoms with Gasteiger partial charge in [0.2, 0.25) is 0 Å². The van der Waals surface area contributed by atoms with Crippen LogP contribution in [0.2, 0.25) is 0 Å². The summed E-state index contributed by atoms with van der Waals surface area (Å²) in [4.78, 5) is 14.9. The number of halogens is 4. The molecular formula is C21H20F4N2O. The number of likely N-dealkylation sites (N-methyl/N-ethyl adjacent to an activating group) is 1. The minimum Gasteiger partial charge on any atom is -0.356 e. The van der Waals surface area contributed by atoms with Gasteiger partial charge in [-0.1, -0.05) is 24.3 Å². The van der Waals surface area contributed by atoms with Crippen LogP contribution in [0.5, 0.6) is 0 Å². The number of nitrogens with one attached hydrogen (secondary N) is 1. The van der Waals surface area contributed by atoms with Gasteiger partial charge in [0.15, 0.2) is 0 Å². The summed E-state index contributed by atoms with van der Waals surface area (Å²) in [7, 11) is 1.60. The van der Waals surface area contributed by atoms with E-state index in [2.05, 4.69) is 5.32 Å². The Morgan fingerprint density at radius 2 is 1.75 bits per heavy atom. The molecule has 2 aliphatic carbocycles. The number of aryl methyl sites for hydroxylation is 1. The number of carbonyl (C=O) groups excluding carboxylic acids is 1. The number of carbonyl (C=O) groups is 1. The lowest BCUT2D eigenvalue weighted by Gasteiger charge is -2.43. The zero-order chi connectivity index (χ0) is 20.1. The summed E-state index contributed by atoms with van der Waals surface area (Å²) in [6.07, 6.45) is 0.200. The highest BCUT2D eigenvalue weighted by atomic mass is 19.3. The lowest BCUT2D eigenvalue weighted by Crippen LogP contribution is -2.59. The predicted molar refractivity (Wildman–Crippen MR) is 97.3 cm³/mol. The number of nitrogens with zero attached hydrogens (tertiary/aromatic N) is 1. The lowest BCUT2D eigenvalue weighted by atomic mass is 9.84. The van der Waals surface area contributed by atoms with E-state index in [1.165, 1.54) is 0 Å². The maximum absolute atomic E-state index is 13.8. The quantitative estimate of drug-likeness (QED) is 0.793. The van der Waals surface area contributed by atoms with Gasteiger partial charge in [0.25, 0.3) is 11.8 Å². The molecular weight excluding hydrogens is 372 g/mol. The van der Waals surface area contributed by atoms with Crippen LogP contribution in [-0.4, -0.2) is 24.9 Å². The maximum Gasteiger partial charge on any atom is 0.252 e. The monoisotopic (exact) mass is 392 g/mol. The molecule has 4 rings (SSSR count). The van der Waals surface area contributed by atoms with Crippen LogP contribution in [0.25, 0.3) is 0 Å². The van der Waals surface area contributed by atoms with Crippen LogP contribution < -0.4 is 10.2 Å². The second-order valence-corrected chi connectivity index (χ2v) is 7.64. The number of benzene rings is 2. The standard InChI is InChI=1S/C21H20F4N2O/c1-27(17-9-14(22)8-15(23)10-17)21(7-6-13-4-2-3-5-18(13)21)19(28)26-16-11-20(24,25)12-16/h2-5,8-10,16H,6-7,11-12H2,1H3,(H,26,28). The molecule has 0 bridgehead atoms. The Kier molecular flexibility index (Phi) is 4.36. The van der Waals surface area contributed by atoms with Gasteiger partial charge < -0.3 is 10.2 Å². The summed E-state index contributed by atoms with van der Waals surface area (Å²) >= 11 is 0. The fourth-order valence-electron chi connectivity index (χ4n) is 4.35. The summed E-state index contributed by atoms with van der Waals surface area (Å²) in [5, 5.41) is 2.73. The van der Waals surface area contributed by atoms with Crippen LogP contribution >= 0.6 is 0 Å². The number of hydrogen-bond donors (Lipinski definition) is 1. The number of hydrogen-bond acceptors (Lipinski definition) is 2. The molecule has 1 N–H and O–H groups in total. The molecule has 0 aliphatic heterocycles. The van der Waals surface area contributed by atoms with Crippen LogP contribution in [0.15, 0.2) is 42.5 Å². The van der Waals surface area contributed by atoms with Crippen LogP contribution in [0.4, 0.5) is 23.2 Å². The summed E-state index contributed by atoms with van der Waals surface area (Å²) in [6.45, 7) is 0. The van der Waals surface area contributed by atoms with Gasteiger partial charge in [0, 0.05) is 37.7 Å². The molecule has 2 aromatic carbocycles. The Labute approximate surface area is 160 Å². The number of anilines is 1. The predicted octanol–water partition coefficient (Wildman–Crippen LogP) is 4.16. The van der Waals surface area contributed by atoms with E-state index in [0.717, 1.165) is 29.3 Å². The van der Waals surface area contributed by atoms with Crippen LogP contribution in [0.1, 0.15) is 30.4 Å². The van der Waals surface area contributed by atoms with E-state index in [1.54, 1.807) is 18.0 Å². The van der Waals surface area contributed by atoms with Crippen LogP contribution in [0.3, 0.4) is 0 Å². The smallest absolute Gasteiger partial charge is 0.252 e. The van der Waals surface area contributed by atoms with Crippen LogP contribution in [-0.2, 0) is 16.8 Å². The van der Waals surface area contributed by atoms with Crippen molar-refractivity contribution in [2.45, 2.75) is 43.2 Å². The highest BCUT2D eigenvalue weighted by Crippen LogP contribution is 2.45. The topological polar surface area (TPSA) is 32.3 Å². The number of alkyl halides is 2. The first-order chi connectivity index (χ1) is 13.2. The van der Waals surface area contributed by atoms with Crippen molar-refractivity contribution < 1.29 is 22.4 Å². The lowest BCUT2D eigenvalue weighted by molar-refractivity contribution is -0.134. The van der Waals surface area contributed by atoms with E-state index in [-0.39, 0.29) is 5.69 Å². The van der Waals surface area contributed by atoms with Gasteiger partial charge in [-0.05, 0) is 36.1 Å². The van der Waals surface area contributed by atoms with Gasteiger partial charge in [-0.2, -0.15) is 0 Å². The average molecular weight is 392 g/mol. The Hall–Kier alpha value is -2.57. The normalized spacial score (nSPS) is 23.0. The van der Waals surface area contributed by atoms with Gasteiger partial charge in [-0.25, -0.2) is 17.6 Å². The fraction of sp³-hybridized carbons (Fsp3) is 0.381. The van der Waals surface area contributed by atoms with Crippen molar-refractivity contribution in [1.82, 2.24) is 5.32 Å². The molecule has 3 nitrogen and oxygen atoms in total. The van der Waals surface area contributed by atoms with Crippen molar-refractivity contribution in [2.24, 2.45) is 0 Å².